The summed E-state index contributed by atoms with van der Waals surface area (Å²) in [6.07, 6.45) is 0.892. The Labute approximate surface area is 78.5 Å². The quantitative estimate of drug-likeness (QED) is 0.570. The molecule has 1 aliphatic rings. The van der Waals surface area contributed by atoms with Crippen molar-refractivity contribution in [3.05, 3.63) is 0 Å². The molecular weight excluding hydrogens is 168 g/mol. The van der Waals surface area contributed by atoms with E-state index in [-0.39, 0.29) is 17.9 Å². The lowest BCUT2D eigenvalue weighted by atomic mass is 10.2. The molecular formula is C9H16N2O2. The van der Waals surface area contributed by atoms with Gasteiger partial charge in [-0.25, -0.2) is 0 Å². The topological polar surface area (TPSA) is 40.6 Å². The van der Waals surface area contributed by atoms with Gasteiger partial charge in [0.2, 0.25) is 0 Å². The molecule has 74 valence electrons. The Balaban J connectivity index is 2.70. The van der Waals surface area contributed by atoms with Crippen LogP contribution in [-0.4, -0.2) is 47.8 Å². The van der Waals surface area contributed by atoms with Gasteiger partial charge in [-0.1, -0.05) is 6.92 Å². The number of likely N-dealkylation sites (N-methyl/N-ethyl adjacent to an activating group) is 1. The highest BCUT2D eigenvalue weighted by Gasteiger charge is 2.32. The van der Waals surface area contributed by atoms with Crippen LogP contribution in [0.25, 0.3) is 0 Å². The summed E-state index contributed by atoms with van der Waals surface area (Å²) < 4.78 is 0. The van der Waals surface area contributed by atoms with Crippen LogP contribution in [0.15, 0.2) is 0 Å². The molecule has 13 heavy (non-hydrogen) atoms. The average molecular weight is 184 g/mol. The maximum absolute atomic E-state index is 11.5. The molecule has 1 heterocycles. The zero-order chi connectivity index (χ0) is 10.0. The van der Waals surface area contributed by atoms with Crippen LogP contribution >= 0.6 is 0 Å². The second-order valence-corrected chi connectivity index (χ2v) is 3.48. The molecule has 0 spiro atoms. The van der Waals surface area contributed by atoms with Gasteiger partial charge < -0.3 is 9.80 Å². The Morgan fingerprint density at radius 3 is 2.46 bits per heavy atom. The molecule has 0 aliphatic carbocycles. The zero-order valence-electron chi connectivity index (χ0n) is 8.41. The number of rotatable bonds is 2. The first-order chi connectivity index (χ1) is 6.07. The van der Waals surface area contributed by atoms with Crippen LogP contribution in [0.3, 0.4) is 0 Å². The number of nitrogens with zero attached hydrogens (tertiary/aromatic N) is 2. The first kappa shape index (κ1) is 10.0. The van der Waals surface area contributed by atoms with E-state index in [1.54, 1.807) is 11.9 Å². The number of carbonyl (C=O) groups excluding carboxylic acids is 2. The standard InChI is InChI=1S/C9H16N2O2/c1-4-7(2)11-6-5-10(3)8(12)9(11)13/h7H,4-6H2,1-3H3. The van der Waals surface area contributed by atoms with Crippen LogP contribution in [0, 0.1) is 0 Å². The van der Waals surface area contributed by atoms with E-state index in [1.807, 2.05) is 13.8 Å². The van der Waals surface area contributed by atoms with Gasteiger partial charge in [-0.3, -0.25) is 9.59 Å². The van der Waals surface area contributed by atoms with Crippen molar-refractivity contribution in [3.8, 4) is 0 Å². The van der Waals surface area contributed by atoms with Gasteiger partial charge in [0, 0.05) is 26.2 Å². The molecule has 1 saturated heterocycles. The van der Waals surface area contributed by atoms with Gasteiger partial charge in [0.15, 0.2) is 0 Å². The summed E-state index contributed by atoms with van der Waals surface area (Å²) in [5, 5.41) is 0. The van der Waals surface area contributed by atoms with Crippen molar-refractivity contribution in [2.75, 3.05) is 20.1 Å². The molecule has 1 aliphatic heterocycles. The molecule has 4 heteroatoms. The molecule has 1 atom stereocenters. The lowest BCUT2D eigenvalue weighted by Crippen LogP contribution is -2.55. The Bertz CT molecular complexity index is 228. The summed E-state index contributed by atoms with van der Waals surface area (Å²) in [7, 11) is 1.66. The molecule has 2 amide bonds. The molecule has 0 N–H and O–H groups in total. The highest BCUT2D eigenvalue weighted by molar-refractivity contribution is 6.35. The molecule has 0 saturated carbocycles. The molecule has 1 fully saturated rings. The molecule has 0 aromatic rings. The number of hydrogen-bond donors (Lipinski definition) is 0. The van der Waals surface area contributed by atoms with Crippen molar-refractivity contribution in [2.45, 2.75) is 26.3 Å². The predicted molar refractivity (Wildman–Crippen MR) is 49.1 cm³/mol. The van der Waals surface area contributed by atoms with Gasteiger partial charge in [0.05, 0.1) is 0 Å². The van der Waals surface area contributed by atoms with Crippen molar-refractivity contribution < 1.29 is 9.59 Å². The predicted octanol–water partition coefficient (Wildman–Crippen LogP) is 0.0855. The van der Waals surface area contributed by atoms with E-state index in [0.717, 1.165) is 6.42 Å². The highest BCUT2D eigenvalue weighted by Crippen LogP contribution is 2.09. The molecule has 0 aromatic heterocycles. The smallest absolute Gasteiger partial charge is 0.312 e. The molecule has 1 unspecified atom stereocenters. The number of carbonyl (C=O) groups is 2. The summed E-state index contributed by atoms with van der Waals surface area (Å²) in [5.74, 6) is -0.741. The molecule has 0 aromatic carbocycles. The lowest BCUT2D eigenvalue weighted by Gasteiger charge is -2.35. The summed E-state index contributed by atoms with van der Waals surface area (Å²) >= 11 is 0. The third-order valence-electron chi connectivity index (χ3n) is 2.59. The highest BCUT2D eigenvalue weighted by atomic mass is 16.2. The maximum Gasteiger partial charge on any atom is 0.312 e. The fourth-order valence-electron chi connectivity index (χ4n) is 1.39. The molecule has 1 rings (SSSR count). The Morgan fingerprint density at radius 2 is 1.92 bits per heavy atom. The summed E-state index contributed by atoms with van der Waals surface area (Å²) in [5.41, 5.74) is 0. The lowest BCUT2D eigenvalue weighted by molar-refractivity contribution is -0.156. The van der Waals surface area contributed by atoms with Crippen LogP contribution in [0.5, 0.6) is 0 Å². The van der Waals surface area contributed by atoms with Crippen LogP contribution in [0.1, 0.15) is 20.3 Å². The normalized spacial score (nSPS) is 20.8. The largest absolute Gasteiger partial charge is 0.336 e. The number of amides is 2. The van der Waals surface area contributed by atoms with Crippen LogP contribution in [0.4, 0.5) is 0 Å². The van der Waals surface area contributed by atoms with E-state index < -0.39 is 0 Å². The van der Waals surface area contributed by atoms with Gasteiger partial charge >= 0.3 is 11.8 Å². The van der Waals surface area contributed by atoms with E-state index in [1.165, 1.54) is 4.90 Å². The SMILES string of the molecule is CCC(C)N1CCN(C)C(=O)C1=O. The zero-order valence-corrected chi connectivity index (χ0v) is 8.41. The summed E-state index contributed by atoms with van der Waals surface area (Å²) in [4.78, 5) is 25.9. The van der Waals surface area contributed by atoms with E-state index in [4.69, 9.17) is 0 Å². The van der Waals surface area contributed by atoms with Gasteiger partial charge in [-0.15, -0.1) is 0 Å². The van der Waals surface area contributed by atoms with Crippen LogP contribution in [-0.2, 0) is 9.59 Å². The summed E-state index contributed by atoms with van der Waals surface area (Å²) in [6.45, 7) is 5.29. The maximum atomic E-state index is 11.5. The van der Waals surface area contributed by atoms with Crippen molar-refractivity contribution in [2.24, 2.45) is 0 Å². The Morgan fingerprint density at radius 1 is 1.31 bits per heavy atom. The minimum absolute atomic E-state index is 0.171. The molecule has 0 radical (unpaired) electrons. The first-order valence-corrected chi connectivity index (χ1v) is 4.64. The van der Waals surface area contributed by atoms with Crippen molar-refractivity contribution >= 4 is 11.8 Å². The second-order valence-electron chi connectivity index (χ2n) is 3.48. The third kappa shape index (κ3) is 1.82. The van der Waals surface area contributed by atoms with E-state index >= 15 is 0 Å². The Kier molecular flexibility index (Phi) is 2.90. The minimum atomic E-state index is -0.383. The first-order valence-electron chi connectivity index (χ1n) is 4.64. The van der Waals surface area contributed by atoms with Crippen LogP contribution < -0.4 is 0 Å². The number of hydrogen-bond acceptors (Lipinski definition) is 2. The molecule has 4 nitrogen and oxygen atoms in total. The van der Waals surface area contributed by atoms with Gasteiger partial charge in [0.25, 0.3) is 0 Å². The molecule has 0 bridgehead atoms. The Hall–Kier alpha value is -1.06. The van der Waals surface area contributed by atoms with Gasteiger partial charge in [-0.05, 0) is 13.3 Å². The summed E-state index contributed by atoms with van der Waals surface area (Å²) in [6, 6.07) is 0.171. The van der Waals surface area contributed by atoms with Crippen molar-refractivity contribution in [1.29, 1.82) is 0 Å². The van der Waals surface area contributed by atoms with E-state index in [9.17, 15) is 9.59 Å². The monoisotopic (exact) mass is 184 g/mol. The van der Waals surface area contributed by atoms with Crippen molar-refractivity contribution in [1.82, 2.24) is 9.80 Å². The fraction of sp³-hybridized carbons (Fsp3) is 0.778. The second kappa shape index (κ2) is 3.77. The minimum Gasteiger partial charge on any atom is -0.336 e. The van der Waals surface area contributed by atoms with E-state index in [0.29, 0.717) is 13.1 Å². The van der Waals surface area contributed by atoms with Crippen LogP contribution in [0.2, 0.25) is 0 Å². The third-order valence-corrected chi connectivity index (χ3v) is 2.59. The van der Waals surface area contributed by atoms with E-state index in [2.05, 4.69) is 0 Å². The number of piperazine rings is 1. The van der Waals surface area contributed by atoms with Gasteiger partial charge in [-0.2, -0.15) is 0 Å². The average Bonchev–Trinajstić information content (AvgIpc) is 2.13. The van der Waals surface area contributed by atoms with Gasteiger partial charge in [0.1, 0.15) is 0 Å². The fourth-order valence-corrected chi connectivity index (χ4v) is 1.39. The van der Waals surface area contributed by atoms with Crippen molar-refractivity contribution in [3.63, 3.8) is 0 Å².